The molecular formula is C17H29N2O3P. The molecule has 1 heterocycles. The molecule has 2 atom stereocenters. The third kappa shape index (κ3) is 5.70. The normalized spacial score (nSPS) is 23.1. The van der Waals surface area contributed by atoms with Gasteiger partial charge in [-0.05, 0) is 38.3 Å². The van der Waals surface area contributed by atoms with Crippen molar-refractivity contribution in [2.24, 2.45) is 5.92 Å². The van der Waals surface area contributed by atoms with Gasteiger partial charge in [0.25, 0.3) is 0 Å². The van der Waals surface area contributed by atoms with Crippen molar-refractivity contribution in [1.82, 2.24) is 9.99 Å². The third-order valence-corrected chi connectivity index (χ3v) is 6.06. The van der Waals surface area contributed by atoms with Crippen LogP contribution in [0.15, 0.2) is 30.3 Å². The van der Waals surface area contributed by atoms with Gasteiger partial charge in [0.05, 0.1) is 13.2 Å². The van der Waals surface area contributed by atoms with Crippen molar-refractivity contribution in [1.29, 1.82) is 0 Å². The van der Waals surface area contributed by atoms with E-state index in [2.05, 4.69) is 41.2 Å². The number of hydrogen-bond acceptors (Lipinski definition) is 4. The Balaban J connectivity index is 1.98. The molecule has 6 heteroatoms. The van der Waals surface area contributed by atoms with E-state index in [1.54, 1.807) is 0 Å². The fraction of sp³-hybridized carbons (Fsp3) is 0.647. The van der Waals surface area contributed by atoms with Crippen molar-refractivity contribution in [3.63, 3.8) is 0 Å². The molecule has 1 saturated heterocycles. The van der Waals surface area contributed by atoms with E-state index in [4.69, 9.17) is 9.05 Å². The van der Waals surface area contributed by atoms with Crippen molar-refractivity contribution in [2.45, 2.75) is 39.8 Å². The van der Waals surface area contributed by atoms with Gasteiger partial charge in [-0.25, -0.2) is 9.65 Å². The van der Waals surface area contributed by atoms with Crippen LogP contribution in [0.25, 0.3) is 0 Å². The molecule has 5 nitrogen and oxygen atoms in total. The molecule has 0 radical (unpaired) electrons. The Bertz CT molecular complexity index is 502. The van der Waals surface area contributed by atoms with E-state index in [-0.39, 0.29) is 6.04 Å². The highest BCUT2D eigenvalue weighted by Crippen LogP contribution is 2.45. The zero-order valence-corrected chi connectivity index (χ0v) is 15.3. The number of nitrogens with zero attached hydrogens (tertiary/aromatic N) is 1. The molecule has 130 valence electrons. The van der Waals surface area contributed by atoms with Gasteiger partial charge in [-0.3, -0.25) is 13.9 Å². The van der Waals surface area contributed by atoms with Crippen LogP contribution in [0.4, 0.5) is 0 Å². The van der Waals surface area contributed by atoms with Crippen molar-refractivity contribution < 1.29 is 13.6 Å². The van der Waals surface area contributed by atoms with E-state index in [9.17, 15) is 4.57 Å². The number of nitrogens with one attached hydrogen (secondary N) is 1. The maximum absolute atomic E-state index is 12.7. The van der Waals surface area contributed by atoms with Gasteiger partial charge in [-0.15, -0.1) is 0 Å². The van der Waals surface area contributed by atoms with Gasteiger partial charge in [0, 0.05) is 19.1 Å². The summed E-state index contributed by atoms with van der Waals surface area (Å²) < 4.78 is 23.5. The Labute approximate surface area is 139 Å². The molecule has 0 bridgehead atoms. The molecule has 0 spiro atoms. The Kier molecular flexibility index (Phi) is 7.25. The molecule has 0 amide bonds. The van der Waals surface area contributed by atoms with Crippen LogP contribution in [-0.4, -0.2) is 37.2 Å². The van der Waals surface area contributed by atoms with Gasteiger partial charge in [0.1, 0.15) is 0 Å². The van der Waals surface area contributed by atoms with Crippen LogP contribution >= 0.6 is 7.75 Å². The summed E-state index contributed by atoms with van der Waals surface area (Å²) in [4.78, 5) is 2.40. The van der Waals surface area contributed by atoms with E-state index in [0.29, 0.717) is 19.1 Å². The average Bonchev–Trinajstić information content (AvgIpc) is 2.52. The molecule has 1 aromatic rings. The van der Waals surface area contributed by atoms with Gasteiger partial charge >= 0.3 is 7.75 Å². The quantitative estimate of drug-likeness (QED) is 0.732. The highest BCUT2D eigenvalue weighted by Gasteiger charge is 2.33. The topological polar surface area (TPSA) is 50.8 Å². The molecule has 2 rings (SSSR count). The summed E-state index contributed by atoms with van der Waals surface area (Å²) in [5.41, 5.74) is 1.30. The monoisotopic (exact) mass is 340 g/mol. The maximum Gasteiger partial charge on any atom is 0.405 e. The number of piperidine rings is 1. The summed E-state index contributed by atoms with van der Waals surface area (Å²) in [6, 6.07) is 10.6. The summed E-state index contributed by atoms with van der Waals surface area (Å²) >= 11 is 0. The molecule has 1 fully saturated rings. The van der Waals surface area contributed by atoms with Gasteiger partial charge in [-0.2, -0.15) is 0 Å². The molecule has 2 unspecified atom stereocenters. The fourth-order valence-electron chi connectivity index (χ4n) is 2.94. The minimum atomic E-state index is -3.21. The van der Waals surface area contributed by atoms with Gasteiger partial charge in [0.15, 0.2) is 0 Å². The smallest absolute Gasteiger partial charge is 0.298 e. The second-order valence-electron chi connectivity index (χ2n) is 6.06. The predicted octanol–water partition coefficient (Wildman–Crippen LogP) is 3.67. The van der Waals surface area contributed by atoms with Gasteiger partial charge in [0.2, 0.25) is 0 Å². The minimum absolute atomic E-state index is 0.108. The molecule has 1 N–H and O–H groups in total. The summed E-state index contributed by atoms with van der Waals surface area (Å²) in [7, 11) is -3.21. The third-order valence-electron chi connectivity index (χ3n) is 4.21. The largest absolute Gasteiger partial charge is 0.405 e. The lowest BCUT2D eigenvalue weighted by atomic mass is 9.94. The molecule has 0 aromatic heterocycles. The van der Waals surface area contributed by atoms with Gasteiger partial charge in [-0.1, -0.05) is 37.3 Å². The van der Waals surface area contributed by atoms with E-state index < -0.39 is 7.75 Å². The van der Waals surface area contributed by atoms with Crippen molar-refractivity contribution >= 4 is 7.75 Å². The van der Waals surface area contributed by atoms with Crippen molar-refractivity contribution in [3.05, 3.63) is 35.9 Å². The zero-order chi connectivity index (χ0) is 16.7. The highest BCUT2D eigenvalue weighted by atomic mass is 31.2. The van der Waals surface area contributed by atoms with E-state index in [1.165, 1.54) is 5.56 Å². The number of likely N-dealkylation sites (tertiary alicyclic amines) is 1. The second kappa shape index (κ2) is 8.95. The minimum Gasteiger partial charge on any atom is -0.298 e. The van der Waals surface area contributed by atoms with Crippen LogP contribution < -0.4 is 5.09 Å². The Morgan fingerprint density at radius 2 is 1.87 bits per heavy atom. The molecule has 1 aliphatic rings. The summed E-state index contributed by atoms with van der Waals surface area (Å²) in [6.45, 7) is 9.43. The molecule has 0 saturated carbocycles. The first kappa shape index (κ1) is 18.6. The predicted molar refractivity (Wildman–Crippen MR) is 93.3 cm³/mol. The Morgan fingerprint density at radius 1 is 1.22 bits per heavy atom. The first-order chi connectivity index (χ1) is 11.1. The van der Waals surface area contributed by atoms with Crippen LogP contribution in [0.5, 0.6) is 0 Å². The van der Waals surface area contributed by atoms with E-state index >= 15 is 0 Å². The van der Waals surface area contributed by atoms with Crippen LogP contribution in [-0.2, 0) is 20.2 Å². The van der Waals surface area contributed by atoms with Crippen LogP contribution in [0, 0.1) is 5.92 Å². The standard InChI is InChI=1S/C17H29N2O3P/c1-4-21-23(20,22-5-2)18-17-14-19(12-11-15(17)3)13-16-9-7-6-8-10-16/h6-10,15,17H,4-5,11-14H2,1-3H3,(H,18,20). The maximum atomic E-state index is 12.7. The lowest BCUT2D eigenvalue weighted by molar-refractivity contribution is 0.138. The van der Waals surface area contributed by atoms with Crippen molar-refractivity contribution in [2.75, 3.05) is 26.3 Å². The lowest BCUT2D eigenvalue weighted by Gasteiger charge is -2.38. The summed E-state index contributed by atoms with van der Waals surface area (Å²) in [5.74, 6) is 0.441. The highest BCUT2D eigenvalue weighted by molar-refractivity contribution is 7.51. The molecular weight excluding hydrogens is 311 g/mol. The summed E-state index contributed by atoms with van der Waals surface area (Å²) in [5, 5.41) is 3.17. The summed E-state index contributed by atoms with van der Waals surface area (Å²) in [6.07, 6.45) is 1.07. The first-order valence-corrected chi connectivity index (χ1v) is 10.0. The molecule has 23 heavy (non-hydrogen) atoms. The number of benzene rings is 1. The molecule has 1 aliphatic heterocycles. The SMILES string of the molecule is CCOP(=O)(NC1CN(Cc2ccccc2)CCC1C)OCC. The Hall–Kier alpha value is -0.710. The van der Waals surface area contributed by atoms with E-state index in [1.807, 2.05) is 19.9 Å². The van der Waals surface area contributed by atoms with Crippen molar-refractivity contribution in [3.8, 4) is 0 Å². The zero-order valence-electron chi connectivity index (χ0n) is 14.4. The lowest BCUT2D eigenvalue weighted by Crippen LogP contribution is -2.49. The molecule has 0 aliphatic carbocycles. The number of hydrogen-bond donors (Lipinski definition) is 1. The Morgan fingerprint density at radius 3 is 2.48 bits per heavy atom. The fourth-order valence-corrected chi connectivity index (χ4v) is 4.59. The number of rotatable bonds is 8. The van der Waals surface area contributed by atoms with Gasteiger partial charge < -0.3 is 0 Å². The molecule has 1 aromatic carbocycles. The first-order valence-electron chi connectivity index (χ1n) is 8.49. The van der Waals surface area contributed by atoms with E-state index in [0.717, 1.165) is 26.1 Å². The average molecular weight is 340 g/mol. The van der Waals surface area contributed by atoms with Crippen LogP contribution in [0.3, 0.4) is 0 Å². The second-order valence-corrected chi connectivity index (χ2v) is 7.82. The van der Waals surface area contributed by atoms with Crippen LogP contribution in [0.1, 0.15) is 32.8 Å². The van der Waals surface area contributed by atoms with Crippen LogP contribution in [0.2, 0.25) is 0 Å².